The molecule has 2 aliphatic heterocycles. The molecule has 1 fully saturated rings. The van der Waals surface area contributed by atoms with Crippen LogP contribution in [0.1, 0.15) is 12.8 Å². The Kier molecular flexibility index (Phi) is 3.23. The molecule has 1 aromatic rings. The van der Waals surface area contributed by atoms with Gasteiger partial charge in [0.15, 0.2) is 5.54 Å². The van der Waals surface area contributed by atoms with Crippen molar-refractivity contribution in [2.24, 2.45) is 10.2 Å². The molecule has 0 N–H and O–H groups in total. The monoisotopic (exact) mass is 331 g/mol. The zero-order valence-electron chi connectivity index (χ0n) is 10.0. The highest BCUT2D eigenvalue weighted by atomic mass is 35.5. The van der Waals surface area contributed by atoms with Crippen molar-refractivity contribution in [3.8, 4) is 0 Å². The number of carbonyl (C=O) groups excluding carboxylic acids is 2. The van der Waals surface area contributed by atoms with Crippen LogP contribution < -0.4 is 4.90 Å². The Morgan fingerprint density at radius 1 is 1.25 bits per heavy atom. The number of halogens is 3. The second kappa shape index (κ2) is 4.69. The third-order valence-electron chi connectivity index (χ3n) is 3.34. The molecule has 0 aromatic heterocycles. The van der Waals surface area contributed by atoms with E-state index in [-0.39, 0.29) is 23.8 Å². The van der Waals surface area contributed by atoms with Crippen molar-refractivity contribution in [3.63, 3.8) is 0 Å². The number of amides is 2. The van der Waals surface area contributed by atoms with Crippen molar-refractivity contribution in [2.75, 3.05) is 4.90 Å². The van der Waals surface area contributed by atoms with Crippen molar-refractivity contribution >= 4 is 52.3 Å². The number of azo groups is 1. The van der Waals surface area contributed by atoms with E-state index in [9.17, 15) is 9.59 Å². The number of rotatable bonds is 1. The molecular weight excluding hydrogens is 325 g/mol. The summed E-state index contributed by atoms with van der Waals surface area (Å²) in [5.41, 5.74) is -1.35. The van der Waals surface area contributed by atoms with Gasteiger partial charge in [0.05, 0.1) is 22.2 Å². The standard InChI is InChI=1S/C12H8Cl3N3O2/c13-7-2-1-6(3-8(7)14)18-10(19)5-12(11(18)20)4-9(15)16-17-12/h1-3,9H,4-5H2/t9-,12-/m1/s1. The number of hydrogen-bond acceptors (Lipinski definition) is 4. The van der Waals surface area contributed by atoms with Crippen molar-refractivity contribution in [1.29, 1.82) is 0 Å². The molecule has 1 spiro atoms. The molecule has 0 radical (unpaired) electrons. The first-order valence-corrected chi connectivity index (χ1v) is 7.01. The average Bonchev–Trinajstić information content (AvgIpc) is 2.86. The minimum atomic E-state index is -1.16. The molecule has 1 aromatic carbocycles. The van der Waals surface area contributed by atoms with Crippen molar-refractivity contribution < 1.29 is 9.59 Å². The van der Waals surface area contributed by atoms with Crippen LogP contribution in [0.3, 0.4) is 0 Å². The van der Waals surface area contributed by atoms with E-state index in [0.717, 1.165) is 4.90 Å². The minimum absolute atomic E-state index is 0.0290. The van der Waals surface area contributed by atoms with E-state index in [4.69, 9.17) is 34.8 Å². The summed E-state index contributed by atoms with van der Waals surface area (Å²) in [4.78, 5) is 25.7. The maximum Gasteiger partial charge on any atom is 0.264 e. The number of benzene rings is 1. The van der Waals surface area contributed by atoms with E-state index in [1.807, 2.05) is 0 Å². The summed E-state index contributed by atoms with van der Waals surface area (Å²) in [6.07, 6.45) is 0.204. The molecule has 2 atom stereocenters. The highest BCUT2D eigenvalue weighted by Crippen LogP contribution is 2.41. The van der Waals surface area contributed by atoms with Crippen LogP contribution in [-0.2, 0) is 9.59 Å². The topological polar surface area (TPSA) is 62.1 Å². The van der Waals surface area contributed by atoms with Gasteiger partial charge in [-0.3, -0.25) is 9.59 Å². The number of hydrogen-bond donors (Lipinski definition) is 0. The Hall–Kier alpha value is -1.17. The lowest BCUT2D eigenvalue weighted by molar-refractivity contribution is -0.122. The van der Waals surface area contributed by atoms with Gasteiger partial charge in [0.1, 0.15) is 5.50 Å². The Bertz CT molecular complexity index is 649. The van der Waals surface area contributed by atoms with Gasteiger partial charge in [-0.1, -0.05) is 34.8 Å². The van der Waals surface area contributed by atoms with Gasteiger partial charge in [0.2, 0.25) is 5.91 Å². The van der Waals surface area contributed by atoms with Gasteiger partial charge in [-0.15, -0.1) is 0 Å². The Morgan fingerprint density at radius 3 is 2.60 bits per heavy atom. The normalized spacial score (nSPS) is 28.9. The third kappa shape index (κ3) is 2.01. The van der Waals surface area contributed by atoms with Crippen LogP contribution in [-0.4, -0.2) is 22.9 Å². The zero-order valence-corrected chi connectivity index (χ0v) is 12.3. The highest BCUT2D eigenvalue weighted by molar-refractivity contribution is 6.42. The third-order valence-corrected chi connectivity index (χ3v) is 4.32. The molecule has 1 saturated heterocycles. The fourth-order valence-corrected chi connectivity index (χ4v) is 2.97. The summed E-state index contributed by atoms with van der Waals surface area (Å²) < 4.78 is 0. The first-order chi connectivity index (χ1) is 9.43. The molecule has 2 aliphatic rings. The summed E-state index contributed by atoms with van der Waals surface area (Å²) in [6.45, 7) is 0. The summed E-state index contributed by atoms with van der Waals surface area (Å²) >= 11 is 17.6. The van der Waals surface area contributed by atoms with Crippen LogP contribution in [0.25, 0.3) is 0 Å². The lowest BCUT2D eigenvalue weighted by Gasteiger charge is -2.18. The molecular formula is C12H8Cl3N3O2. The smallest absolute Gasteiger partial charge is 0.264 e. The Labute approximate surface area is 129 Å². The van der Waals surface area contributed by atoms with Gasteiger partial charge in [0, 0.05) is 6.42 Å². The first-order valence-electron chi connectivity index (χ1n) is 5.81. The fourth-order valence-electron chi connectivity index (χ4n) is 2.38. The van der Waals surface area contributed by atoms with Gasteiger partial charge in [-0.2, -0.15) is 10.2 Å². The van der Waals surface area contributed by atoms with Crippen LogP contribution in [0, 0.1) is 0 Å². The van der Waals surface area contributed by atoms with E-state index in [0.29, 0.717) is 10.7 Å². The predicted molar refractivity (Wildman–Crippen MR) is 75.4 cm³/mol. The summed E-state index contributed by atoms with van der Waals surface area (Å²) in [7, 11) is 0. The van der Waals surface area contributed by atoms with Crippen LogP contribution in [0.15, 0.2) is 28.4 Å². The Balaban J connectivity index is 1.99. The number of carbonyl (C=O) groups is 2. The molecule has 3 rings (SSSR count). The molecule has 0 aliphatic carbocycles. The molecule has 2 heterocycles. The van der Waals surface area contributed by atoms with Crippen LogP contribution >= 0.6 is 34.8 Å². The zero-order chi connectivity index (χ0) is 14.5. The van der Waals surface area contributed by atoms with Crippen LogP contribution in [0.2, 0.25) is 10.0 Å². The van der Waals surface area contributed by atoms with Crippen molar-refractivity contribution in [1.82, 2.24) is 0 Å². The summed E-state index contributed by atoms with van der Waals surface area (Å²) in [6, 6.07) is 4.57. The van der Waals surface area contributed by atoms with E-state index in [1.54, 1.807) is 6.07 Å². The van der Waals surface area contributed by atoms with E-state index in [2.05, 4.69) is 10.2 Å². The maximum atomic E-state index is 12.5. The van der Waals surface area contributed by atoms with Gasteiger partial charge in [-0.25, -0.2) is 4.90 Å². The van der Waals surface area contributed by atoms with Gasteiger partial charge in [-0.05, 0) is 18.2 Å². The predicted octanol–water partition coefficient (Wildman–Crippen LogP) is 3.42. The molecule has 104 valence electrons. The van der Waals surface area contributed by atoms with Crippen LogP contribution in [0.4, 0.5) is 5.69 Å². The lowest BCUT2D eigenvalue weighted by atomic mass is 9.95. The van der Waals surface area contributed by atoms with Crippen molar-refractivity contribution in [2.45, 2.75) is 23.9 Å². The second-order valence-corrected chi connectivity index (χ2v) is 6.01. The van der Waals surface area contributed by atoms with E-state index in [1.165, 1.54) is 12.1 Å². The summed E-state index contributed by atoms with van der Waals surface area (Å²) in [5.74, 6) is -0.772. The quantitative estimate of drug-likeness (QED) is 0.449. The van der Waals surface area contributed by atoms with E-state index >= 15 is 0 Å². The molecule has 20 heavy (non-hydrogen) atoms. The van der Waals surface area contributed by atoms with Crippen LogP contribution in [0.5, 0.6) is 0 Å². The molecule has 8 heteroatoms. The number of imide groups is 1. The highest BCUT2D eigenvalue weighted by Gasteiger charge is 2.56. The molecule has 0 unspecified atom stereocenters. The number of alkyl halides is 1. The van der Waals surface area contributed by atoms with Crippen molar-refractivity contribution in [3.05, 3.63) is 28.2 Å². The van der Waals surface area contributed by atoms with Gasteiger partial charge in [0.25, 0.3) is 5.91 Å². The lowest BCUT2D eigenvalue weighted by Crippen LogP contribution is -2.38. The summed E-state index contributed by atoms with van der Waals surface area (Å²) in [5, 5.41) is 8.30. The van der Waals surface area contributed by atoms with Gasteiger partial charge < -0.3 is 0 Å². The fraction of sp³-hybridized carbons (Fsp3) is 0.333. The first kappa shape index (κ1) is 13.8. The molecule has 2 amide bonds. The molecule has 5 nitrogen and oxygen atoms in total. The molecule has 0 bridgehead atoms. The number of nitrogens with zero attached hydrogens (tertiary/aromatic N) is 3. The largest absolute Gasteiger partial charge is 0.274 e. The SMILES string of the molecule is O=C1C[C@]2(C[C@H](Cl)N=N2)C(=O)N1c1ccc(Cl)c(Cl)c1. The number of anilines is 1. The average molecular weight is 333 g/mol. The van der Waals surface area contributed by atoms with E-state index < -0.39 is 16.9 Å². The second-order valence-electron chi connectivity index (χ2n) is 4.70. The minimum Gasteiger partial charge on any atom is -0.274 e. The molecule has 0 saturated carbocycles. The van der Waals surface area contributed by atoms with Gasteiger partial charge >= 0.3 is 0 Å². The Morgan fingerprint density at radius 2 is 2.00 bits per heavy atom. The maximum absolute atomic E-state index is 12.5.